The minimum absolute atomic E-state index is 0.00268. The fourth-order valence-electron chi connectivity index (χ4n) is 1.75. The molecule has 0 saturated carbocycles. The van der Waals surface area contributed by atoms with E-state index in [1.54, 1.807) is 10.7 Å². The van der Waals surface area contributed by atoms with Crippen molar-refractivity contribution in [1.82, 2.24) is 24.8 Å². The van der Waals surface area contributed by atoms with Gasteiger partial charge in [-0.3, -0.25) is 4.68 Å². The molecular weight excluding hydrogens is 234 g/mol. The molecule has 7 nitrogen and oxygen atoms in total. The molecule has 0 aliphatic carbocycles. The van der Waals surface area contributed by atoms with Crippen LogP contribution in [0.4, 0.5) is 0 Å². The van der Waals surface area contributed by atoms with Crippen molar-refractivity contribution in [3.05, 3.63) is 23.7 Å². The van der Waals surface area contributed by atoms with Crippen LogP contribution in [0.1, 0.15) is 36.5 Å². The summed E-state index contributed by atoms with van der Waals surface area (Å²) in [6, 6.07) is 1.79. The third-order valence-electron chi connectivity index (χ3n) is 2.62. The molecule has 0 aliphatic heterocycles. The standard InChI is InChI=1S/C11H15N5O2/c1-3-5-8-10(11(17)18)12-14-16(8)9-6-7-15(4-2)13-9/h6-7H,3-5H2,1-2H3,(H,17,18). The highest BCUT2D eigenvalue weighted by molar-refractivity contribution is 5.86. The average Bonchev–Trinajstić information content (AvgIpc) is 2.94. The van der Waals surface area contributed by atoms with Gasteiger partial charge in [-0.15, -0.1) is 5.10 Å². The zero-order valence-electron chi connectivity index (χ0n) is 10.4. The Morgan fingerprint density at radius 2 is 2.22 bits per heavy atom. The van der Waals surface area contributed by atoms with E-state index in [9.17, 15) is 4.79 Å². The lowest BCUT2D eigenvalue weighted by Crippen LogP contribution is -2.08. The van der Waals surface area contributed by atoms with E-state index in [0.717, 1.165) is 13.0 Å². The molecule has 2 aromatic rings. The molecule has 2 rings (SSSR count). The van der Waals surface area contributed by atoms with E-state index in [1.807, 2.05) is 20.0 Å². The zero-order chi connectivity index (χ0) is 13.1. The van der Waals surface area contributed by atoms with Crippen LogP contribution >= 0.6 is 0 Å². The highest BCUT2D eigenvalue weighted by Crippen LogP contribution is 2.13. The summed E-state index contributed by atoms with van der Waals surface area (Å²) in [7, 11) is 0. The largest absolute Gasteiger partial charge is 0.476 e. The maximum Gasteiger partial charge on any atom is 0.358 e. The average molecular weight is 249 g/mol. The van der Waals surface area contributed by atoms with Crippen LogP contribution < -0.4 is 0 Å². The zero-order valence-corrected chi connectivity index (χ0v) is 10.4. The minimum atomic E-state index is -1.06. The van der Waals surface area contributed by atoms with Crippen molar-refractivity contribution in [2.24, 2.45) is 0 Å². The van der Waals surface area contributed by atoms with E-state index in [0.29, 0.717) is 17.9 Å². The van der Waals surface area contributed by atoms with Gasteiger partial charge in [-0.2, -0.15) is 9.78 Å². The number of rotatable bonds is 5. The number of aromatic carboxylic acids is 1. The Hall–Kier alpha value is -2.18. The molecule has 1 N–H and O–H groups in total. The van der Waals surface area contributed by atoms with Gasteiger partial charge in [0, 0.05) is 18.8 Å². The number of carboxylic acids is 1. The quantitative estimate of drug-likeness (QED) is 0.858. The number of nitrogens with zero attached hydrogens (tertiary/aromatic N) is 5. The first-order chi connectivity index (χ1) is 8.67. The summed E-state index contributed by atoms with van der Waals surface area (Å²) in [5.41, 5.74) is 0.592. The second-order valence-electron chi connectivity index (χ2n) is 3.88. The van der Waals surface area contributed by atoms with E-state index in [-0.39, 0.29) is 5.69 Å². The second kappa shape index (κ2) is 4.99. The van der Waals surface area contributed by atoms with E-state index in [4.69, 9.17) is 5.11 Å². The highest BCUT2D eigenvalue weighted by atomic mass is 16.4. The van der Waals surface area contributed by atoms with Crippen molar-refractivity contribution in [3.63, 3.8) is 0 Å². The van der Waals surface area contributed by atoms with E-state index in [2.05, 4.69) is 15.4 Å². The van der Waals surface area contributed by atoms with Crippen molar-refractivity contribution in [2.45, 2.75) is 33.2 Å². The topological polar surface area (TPSA) is 85.8 Å². The number of hydrogen-bond donors (Lipinski definition) is 1. The van der Waals surface area contributed by atoms with Gasteiger partial charge in [0.1, 0.15) is 0 Å². The molecule has 0 aliphatic rings. The molecule has 96 valence electrons. The molecule has 0 spiro atoms. The van der Waals surface area contributed by atoms with Gasteiger partial charge in [0.25, 0.3) is 0 Å². The van der Waals surface area contributed by atoms with Gasteiger partial charge in [0.2, 0.25) is 0 Å². The number of aromatic nitrogens is 5. The lowest BCUT2D eigenvalue weighted by atomic mass is 10.2. The van der Waals surface area contributed by atoms with Gasteiger partial charge in [0.05, 0.1) is 5.69 Å². The van der Waals surface area contributed by atoms with Crippen LogP contribution in [0.2, 0.25) is 0 Å². The molecule has 2 heterocycles. The molecule has 0 aromatic carbocycles. The molecule has 0 saturated heterocycles. The fraction of sp³-hybridized carbons (Fsp3) is 0.455. The summed E-state index contributed by atoms with van der Waals surface area (Å²) < 4.78 is 3.26. The van der Waals surface area contributed by atoms with Crippen LogP contribution in [0.3, 0.4) is 0 Å². The molecular formula is C11H15N5O2. The van der Waals surface area contributed by atoms with Crippen molar-refractivity contribution < 1.29 is 9.90 Å². The van der Waals surface area contributed by atoms with Crippen molar-refractivity contribution in [2.75, 3.05) is 0 Å². The van der Waals surface area contributed by atoms with Crippen molar-refractivity contribution in [3.8, 4) is 5.82 Å². The smallest absolute Gasteiger partial charge is 0.358 e. The molecule has 7 heteroatoms. The first kappa shape index (κ1) is 12.3. The maximum atomic E-state index is 11.1. The Balaban J connectivity index is 2.46. The van der Waals surface area contributed by atoms with Crippen LogP contribution in [0, 0.1) is 0 Å². The molecule has 0 radical (unpaired) electrons. The number of carbonyl (C=O) groups is 1. The second-order valence-corrected chi connectivity index (χ2v) is 3.88. The van der Waals surface area contributed by atoms with Crippen LogP contribution in [-0.4, -0.2) is 35.9 Å². The maximum absolute atomic E-state index is 11.1. The van der Waals surface area contributed by atoms with Gasteiger partial charge in [-0.05, 0) is 13.3 Å². The Kier molecular flexibility index (Phi) is 3.40. The number of aryl methyl sites for hydroxylation is 1. The van der Waals surface area contributed by atoms with Crippen molar-refractivity contribution in [1.29, 1.82) is 0 Å². The lowest BCUT2D eigenvalue weighted by Gasteiger charge is -2.02. The normalized spacial score (nSPS) is 10.8. The van der Waals surface area contributed by atoms with Crippen LogP contribution in [-0.2, 0) is 13.0 Å². The van der Waals surface area contributed by atoms with E-state index in [1.165, 1.54) is 4.68 Å². The Bertz CT molecular complexity index is 558. The summed E-state index contributed by atoms with van der Waals surface area (Å²) >= 11 is 0. The van der Waals surface area contributed by atoms with Crippen LogP contribution in [0.15, 0.2) is 12.3 Å². The van der Waals surface area contributed by atoms with Crippen LogP contribution in [0.5, 0.6) is 0 Å². The molecule has 2 aromatic heterocycles. The van der Waals surface area contributed by atoms with E-state index >= 15 is 0 Å². The predicted molar refractivity (Wildman–Crippen MR) is 63.8 cm³/mol. The van der Waals surface area contributed by atoms with Crippen LogP contribution in [0.25, 0.3) is 5.82 Å². The molecule has 18 heavy (non-hydrogen) atoms. The molecule has 0 bridgehead atoms. The lowest BCUT2D eigenvalue weighted by molar-refractivity contribution is 0.0689. The minimum Gasteiger partial charge on any atom is -0.476 e. The first-order valence-electron chi connectivity index (χ1n) is 5.89. The number of carboxylic acid groups (broad SMARTS) is 1. The monoisotopic (exact) mass is 249 g/mol. The van der Waals surface area contributed by atoms with Gasteiger partial charge >= 0.3 is 5.97 Å². The van der Waals surface area contributed by atoms with Gasteiger partial charge in [-0.25, -0.2) is 4.79 Å². The highest BCUT2D eigenvalue weighted by Gasteiger charge is 2.20. The first-order valence-corrected chi connectivity index (χ1v) is 5.89. The molecule has 0 unspecified atom stereocenters. The van der Waals surface area contributed by atoms with E-state index < -0.39 is 5.97 Å². The molecule has 0 fully saturated rings. The molecule has 0 amide bonds. The summed E-state index contributed by atoms with van der Waals surface area (Å²) in [5.74, 6) is -0.458. The Labute approximate surface area is 104 Å². The summed E-state index contributed by atoms with van der Waals surface area (Å²) in [5, 5.41) is 21.0. The number of hydrogen-bond acceptors (Lipinski definition) is 4. The van der Waals surface area contributed by atoms with Gasteiger partial charge in [-0.1, -0.05) is 18.6 Å². The SMILES string of the molecule is CCCc1c(C(=O)O)nnn1-c1ccn(CC)n1. The summed E-state index contributed by atoms with van der Waals surface area (Å²) in [6.07, 6.45) is 3.25. The van der Waals surface area contributed by atoms with Gasteiger partial charge in [0.15, 0.2) is 11.5 Å². The summed E-state index contributed by atoms with van der Waals surface area (Å²) in [6.45, 7) is 4.71. The third-order valence-corrected chi connectivity index (χ3v) is 2.62. The Morgan fingerprint density at radius 1 is 1.44 bits per heavy atom. The van der Waals surface area contributed by atoms with Gasteiger partial charge < -0.3 is 5.11 Å². The fourth-order valence-corrected chi connectivity index (χ4v) is 1.75. The molecule has 0 atom stereocenters. The third kappa shape index (κ3) is 2.11. The summed E-state index contributed by atoms with van der Waals surface area (Å²) in [4.78, 5) is 11.1. The Morgan fingerprint density at radius 3 is 2.78 bits per heavy atom. The van der Waals surface area contributed by atoms with Crippen molar-refractivity contribution >= 4 is 5.97 Å². The predicted octanol–water partition coefficient (Wildman–Crippen LogP) is 1.13.